The molecular formula is C23H17FN2O5. The summed E-state index contributed by atoms with van der Waals surface area (Å²) in [7, 11) is 0. The highest BCUT2D eigenvalue weighted by Gasteiger charge is 2.34. The van der Waals surface area contributed by atoms with Gasteiger partial charge in [-0.1, -0.05) is 12.1 Å². The molecule has 0 bridgehead atoms. The fourth-order valence-electron chi connectivity index (χ4n) is 3.04. The maximum atomic E-state index is 13.1. The molecule has 4 rings (SSSR count). The molecule has 3 aromatic rings. The van der Waals surface area contributed by atoms with Gasteiger partial charge in [-0.2, -0.15) is 0 Å². The lowest BCUT2D eigenvalue weighted by atomic mass is 10.1. The molecule has 8 heteroatoms. The van der Waals surface area contributed by atoms with Gasteiger partial charge < -0.3 is 9.15 Å². The van der Waals surface area contributed by atoms with Gasteiger partial charge in [0.1, 0.15) is 22.9 Å². The summed E-state index contributed by atoms with van der Waals surface area (Å²) in [5.74, 6) is -1.21. The first-order valence-corrected chi connectivity index (χ1v) is 9.46. The molecule has 0 radical (unpaired) electrons. The fourth-order valence-corrected chi connectivity index (χ4v) is 3.04. The number of nitrogens with zero attached hydrogens (tertiary/aromatic N) is 1. The summed E-state index contributed by atoms with van der Waals surface area (Å²) < 4.78 is 23.8. The quantitative estimate of drug-likeness (QED) is 0.386. The number of furan rings is 1. The summed E-state index contributed by atoms with van der Waals surface area (Å²) >= 11 is 0. The lowest BCUT2D eigenvalue weighted by Crippen LogP contribution is -2.35. The minimum atomic E-state index is -0.592. The van der Waals surface area contributed by atoms with Gasteiger partial charge in [0, 0.05) is 5.56 Å². The number of esters is 1. The van der Waals surface area contributed by atoms with E-state index in [1.807, 2.05) is 0 Å². The van der Waals surface area contributed by atoms with E-state index in [1.165, 1.54) is 30.3 Å². The second-order valence-electron chi connectivity index (χ2n) is 6.62. The second kappa shape index (κ2) is 8.27. The summed E-state index contributed by atoms with van der Waals surface area (Å²) in [6.07, 6.45) is 1.34. The third kappa shape index (κ3) is 4.09. The van der Waals surface area contributed by atoms with Crippen LogP contribution in [0.2, 0.25) is 0 Å². The van der Waals surface area contributed by atoms with Crippen LogP contribution >= 0.6 is 0 Å². The van der Waals surface area contributed by atoms with Crippen molar-refractivity contribution in [3.05, 3.63) is 83.4 Å². The van der Waals surface area contributed by atoms with Crippen molar-refractivity contribution in [2.24, 2.45) is 0 Å². The van der Waals surface area contributed by atoms with Crippen molar-refractivity contribution in [3.8, 4) is 11.3 Å². The Kier molecular flexibility index (Phi) is 5.36. The highest BCUT2D eigenvalue weighted by Crippen LogP contribution is 2.26. The molecule has 0 spiro atoms. The highest BCUT2D eigenvalue weighted by atomic mass is 19.1. The Morgan fingerprint density at radius 3 is 2.45 bits per heavy atom. The monoisotopic (exact) mass is 420 g/mol. The van der Waals surface area contributed by atoms with E-state index in [0.717, 1.165) is 5.01 Å². The van der Waals surface area contributed by atoms with E-state index in [1.54, 1.807) is 43.3 Å². The molecule has 31 heavy (non-hydrogen) atoms. The van der Waals surface area contributed by atoms with Crippen LogP contribution in [0.4, 0.5) is 10.1 Å². The van der Waals surface area contributed by atoms with Gasteiger partial charge in [-0.15, -0.1) is 0 Å². The smallest absolute Gasteiger partial charge is 0.338 e. The molecule has 0 aliphatic carbocycles. The molecular weight excluding hydrogens is 403 g/mol. The molecule has 0 saturated carbocycles. The zero-order chi connectivity index (χ0) is 22.0. The van der Waals surface area contributed by atoms with Gasteiger partial charge in [-0.25, -0.2) is 14.2 Å². The summed E-state index contributed by atoms with van der Waals surface area (Å²) in [5, 5.41) is 1.05. The number of benzene rings is 2. The van der Waals surface area contributed by atoms with E-state index in [0.29, 0.717) is 34.9 Å². The van der Waals surface area contributed by atoms with Crippen LogP contribution < -0.4 is 10.4 Å². The number of anilines is 1. The van der Waals surface area contributed by atoms with Crippen LogP contribution in [0.5, 0.6) is 0 Å². The van der Waals surface area contributed by atoms with Gasteiger partial charge in [0.05, 0.1) is 17.9 Å². The van der Waals surface area contributed by atoms with Crippen LogP contribution in [0.1, 0.15) is 23.0 Å². The molecule has 2 aromatic carbocycles. The molecule has 1 fully saturated rings. The van der Waals surface area contributed by atoms with E-state index in [4.69, 9.17) is 9.15 Å². The molecule has 1 N–H and O–H groups in total. The molecule has 1 saturated heterocycles. The molecule has 0 atom stereocenters. The topological polar surface area (TPSA) is 88.9 Å². The number of hydrogen-bond donors (Lipinski definition) is 1. The summed E-state index contributed by atoms with van der Waals surface area (Å²) in [4.78, 5) is 36.7. The van der Waals surface area contributed by atoms with E-state index in [-0.39, 0.29) is 5.57 Å². The number of rotatable bonds is 5. The highest BCUT2D eigenvalue weighted by molar-refractivity contribution is 6.31. The number of halogens is 1. The standard InChI is InChI=1S/C23H17FN2O5/c1-2-30-23(29)15-5-3-14(4-6-15)20-12-11-18(31-20)13-19-21(27)25-26(22(19)28)17-9-7-16(24)8-10-17/h3-13H,2H2,1H3,(H,25,27). The Morgan fingerprint density at radius 1 is 1.06 bits per heavy atom. The van der Waals surface area contributed by atoms with Crippen molar-refractivity contribution in [2.75, 3.05) is 11.6 Å². The molecule has 1 aromatic heterocycles. The average molecular weight is 420 g/mol. The molecule has 1 aliphatic heterocycles. The van der Waals surface area contributed by atoms with Gasteiger partial charge in [-0.05, 0) is 61.5 Å². The molecule has 7 nitrogen and oxygen atoms in total. The summed E-state index contributed by atoms with van der Waals surface area (Å²) in [6.45, 7) is 2.03. The first-order valence-electron chi connectivity index (χ1n) is 9.46. The Balaban J connectivity index is 1.54. The number of amides is 2. The van der Waals surface area contributed by atoms with E-state index < -0.39 is 23.6 Å². The van der Waals surface area contributed by atoms with Crippen LogP contribution in [0.15, 0.2) is 70.7 Å². The minimum Gasteiger partial charge on any atom is -0.462 e. The Hall–Kier alpha value is -4.20. The van der Waals surface area contributed by atoms with Gasteiger partial charge >= 0.3 is 5.97 Å². The van der Waals surface area contributed by atoms with Crippen molar-refractivity contribution in [2.45, 2.75) is 6.92 Å². The zero-order valence-electron chi connectivity index (χ0n) is 16.4. The largest absolute Gasteiger partial charge is 0.462 e. The number of ether oxygens (including phenoxy) is 1. The number of carbonyl (C=O) groups excluding carboxylic acids is 3. The van der Waals surface area contributed by atoms with Crippen molar-refractivity contribution in [3.63, 3.8) is 0 Å². The first-order chi connectivity index (χ1) is 15.0. The molecule has 2 heterocycles. The van der Waals surface area contributed by atoms with Gasteiger partial charge in [0.25, 0.3) is 11.8 Å². The Bertz CT molecular complexity index is 1180. The van der Waals surface area contributed by atoms with Crippen LogP contribution in [0, 0.1) is 5.82 Å². The van der Waals surface area contributed by atoms with Crippen LogP contribution in [-0.2, 0) is 14.3 Å². The van der Waals surface area contributed by atoms with E-state index in [2.05, 4.69) is 5.43 Å². The predicted octanol–water partition coefficient (Wildman–Crippen LogP) is 3.72. The number of carbonyl (C=O) groups is 3. The van der Waals surface area contributed by atoms with Crippen LogP contribution in [-0.4, -0.2) is 24.4 Å². The maximum Gasteiger partial charge on any atom is 0.338 e. The third-order valence-electron chi connectivity index (χ3n) is 4.57. The first kappa shape index (κ1) is 20.1. The molecule has 156 valence electrons. The minimum absolute atomic E-state index is 0.108. The average Bonchev–Trinajstić information content (AvgIpc) is 3.35. The number of hydrogen-bond acceptors (Lipinski definition) is 5. The SMILES string of the molecule is CCOC(=O)c1ccc(-c2ccc(C=C3C(=O)NN(c4ccc(F)cc4)C3=O)o2)cc1. The van der Waals surface area contributed by atoms with Gasteiger partial charge in [-0.3, -0.25) is 15.0 Å². The molecule has 2 amide bonds. The van der Waals surface area contributed by atoms with Crippen molar-refractivity contribution < 1.29 is 27.9 Å². The second-order valence-corrected chi connectivity index (χ2v) is 6.62. The van der Waals surface area contributed by atoms with Crippen molar-refractivity contribution >= 4 is 29.5 Å². The molecule has 0 unspecified atom stereocenters. The van der Waals surface area contributed by atoms with Gasteiger partial charge in [0.15, 0.2) is 0 Å². The van der Waals surface area contributed by atoms with Gasteiger partial charge in [0.2, 0.25) is 0 Å². The molecule has 1 aliphatic rings. The third-order valence-corrected chi connectivity index (χ3v) is 4.57. The normalized spacial score (nSPS) is 14.8. The lowest BCUT2D eigenvalue weighted by molar-refractivity contribution is -0.117. The van der Waals surface area contributed by atoms with Crippen molar-refractivity contribution in [1.82, 2.24) is 5.43 Å². The predicted molar refractivity (Wildman–Crippen MR) is 110 cm³/mol. The van der Waals surface area contributed by atoms with E-state index >= 15 is 0 Å². The number of nitrogens with one attached hydrogen (secondary N) is 1. The Morgan fingerprint density at radius 2 is 1.77 bits per heavy atom. The maximum absolute atomic E-state index is 13.1. The van der Waals surface area contributed by atoms with E-state index in [9.17, 15) is 18.8 Å². The van der Waals surface area contributed by atoms with Crippen LogP contribution in [0.25, 0.3) is 17.4 Å². The summed E-state index contributed by atoms with van der Waals surface area (Å²) in [5.41, 5.74) is 3.81. The Labute approximate surface area is 176 Å². The fraction of sp³-hybridized carbons (Fsp3) is 0.0870. The zero-order valence-corrected chi connectivity index (χ0v) is 16.4. The van der Waals surface area contributed by atoms with Crippen molar-refractivity contribution in [1.29, 1.82) is 0 Å². The summed E-state index contributed by atoms with van der Waals surface area (Å²) in [6, 6.07) is 15.2. The number of hydrazine groups is 1. The van der Waals surface area contributed by atoms with Crippen LogP contribution in [0.3, 0.4) is 0 Å². The lowest BCUT2D eigenvalue weighted by Gasteiger charge is -2.14.